The Morgan fingerprint density at radius 2 is 1.96 bits per heavy atom. The van der Waals surface area contributed by atoms with E-state index in [0.29, 0.717) is 15.9 Å². The van der Waals surface area contributed by atoms with Crippen molar-refractivity contribution in [1.29, 1.82) is 0 Å². The van der Waals surface area contributed by atoms with Crippen molar-refractivity contribution in [3.05, 3.63) is 35.9 Å². The molecule has 1 aliphatic rings. The minimum Gasteiger partial charge on any atom is -0.447 e. The van der Waals surface area contributed by atoms with Crippen molar-refractivity contribution in [2.75, 3.05) is 11.1 Å². The molecule has 0 aliphatic heterocycles. The number of hydrogen-bond donors (Lipinski definition) is 2. The van der Waals surface area contributed by atoms with Gasteiger partial charge in [0, 0.05) is 11.6 Å². The number of thioether (sulfide) groups is 1. The van der Waals surface area contributed by atoms with E-state index < -0.39 is 18.0 Å². The molecule has 1 heterocycles. The van der Waals surface area contributed by atoms with Gasteiger partial charge in [-0.1, -0.05) is 72.7 Å². The minimum atomic E-state index is -1.09. The topological polar surface area (TPSA) is 107 Å². The lowest BCUT2D eigenvalue weighted by Gasteiger charge is -2.21. The number of carbonyl (C=O) groups is 2. The van der Waals surface area contributed by atoms with E-state index in [0.717, 1.165) is 18.0 Å². The standard InChI is InChI=1S/C18H22N4O3S2/c19-16(24)15(12-7-3-1-4-8-12)25-14(23)11-26-18-22-21-17(27-18)20-13-9-5-2-6-10-13/h1,3-4,7-8,13,15H,2,5-6,9-11H2,(H2,19,24)(H,20,21). The number of nitrogens with one attached hydrogen (secondary N) is 1. The first-order valence-corrected chi connectivity index (χ1v) is 10.7. The fourth-order valence-corrected chi connectivity index (χ4v) is 4.56. The van der Waals surface area contributed by atoms with Crippen LogP contribution in [0.4, 0.5) is 5.13 Å². The summed E-state index contributed by atoms with van der Waals surface area (Å²) in [5, 5.41) is 12.4. The number of amides is 1. The maximum absolute atomic E-state index is 12.1. The number of esters is 1. The highest BCUT2D eigenvalue weighted by Gasteiger charge is 2.23. The number of nitrogens with two attached hydrogens (primary N) is 1. The molecule has 27 heavy (non-hydrogen) atoms. The summed E-state index contributed by atoms with van der Waals surface area (Å²) in [5.74, 6) is -1.19. The minimum absolute atomic E-state index is 0.0364. The number of primary amides is 1. The van der Waals surface area contributed by atoms with E-state index >= 15 is 0 Å². The molecular formula is C18H22N4O3S2. The highest BCUT2D eigenvalue weighted by molar-refractivity contribution is 8.01. The highest BCUT2D eigenvalue weighted by Crippen LogP contribution is 2.29. The molecule has 1 aromatic carbocycles. The molecule has 2 aromatic rings. The zero-order chi connectivity index (χ0) is 19.1. The normalized spacial score (nSPS) is 15.9. The maximum Gasteiger partial charge on any atom is 0.317 e. The molecule has 1 aromatic heterocycles. The molecular weight excluding hydrogens is 384 g/mol. The Balaban J connectivity index is 1.49. The van der Waals surface area contributed by atoms with Crippen LogP contribution in [0.3, 0.4) is 0 Å². The van der Waals surface area contributed by atoms with Crippen LogP contribution in [0.1, 0.15) is 43.8 Å². The van der Waals surface area contributed by atoms with Crippen molar-refractivity contribution < 1.29 is 14.3 Å². The van der Waals surface area contributed by atoms with Crippen LogP contribution in [-0.4, -0.2) is 33.9 Å². The number of anilines is 1. The largest absolute Gasteiger partial charge is 0.447 e. The van der Waals surface area contributed by atoms with Gasteiger partial charge in [-0.15, -0.1) is 10.2 Å². The molecule has 144 valence electrons. The summed E-state index contributed by atoms with van der Waals surface area (Å²) in [6.45, 7) is 0. The van der Waals surface area contributed by atoms with Crippen LogP contribution in [0.15, 0.2) is 34.7 Å². The Labute approximate surface area is 166 Å². The lowest BCUT2D eigenvalue weighted by molar-refractivity contribution is -0.152. The summed E-state index contributed by atoms with van der Waals surface area (Å²) in [6.07, 6.45) is 5.01. The second-order valence-electron chi connectivity index (χ2n) is 6.32. The molecule has 1 amide bonds. The average molecular weight is 407 g/mol. The van der Waals surface area contributed by atoms with Crippen molar-refractivity contribution in [2.45, 2.75) is 48.6 Å². The van der Waals surface area contributed by atoms with Crippen LogP contribution < -0.4 is 11.1 Å². The van der Waals surface area contributed by atoms with Gasteiger partial charge in [0.25, 0.3) is 5.91 Å². The summed E-state index contributed by atoms with van der Waals surface area (Å²) in [7, 11) is 0. The van der Waals surface area contributed by atoms with Gasteiger partial charge in [-0.2, -0.15) is 0 Å². The Bertz CT molecular complexity index is 763. The second kappa shape index (κ2) is 9.70. The van der Waals surface area contributed by atoms with Gasteiger partial charge in [0.1, 0.15) is 0 Å². The molecule has 0 spiro atoms. The quantitative estimate of drug-likeness (QED) is 0.512. The van der Waals surface area contributed by atoms with Crippen molar-refractivity contribution in [3.63, 3.8) is 0 Å². The Morgan fingerprint density at radius 1 is 1.22 bits per heavy atom. The first kappa shape index (κ1) is 19.6. The van der Waals surface area contributed by atoms with Gasteiger partial charge >= 0.3 is 5.97 Å². The van der Waals surface area contributed by atoms with Crippen LogP contribution in [0, 0.1) is 0 Å². The summed E-state index contributed by atoms with van der Waals surface area (Å²) < 4.78 is 5.94. The molecule has 7 nitrogen and oxygen atoms in total. The van der Waals surface area contributed by atoms with E-state index in [4.69, 9.17) is 10.5 Å². The van der Waals surface area contributed by atoms with E-state index in [1.807, 2.05) is 6.07 Å². The molecule has 9 heteroatoms. The number of benzene rings is 1. The van der Waals surface area contributed by atoms with E-state index in [-0.39, 0.29) is 5.75 Å². The van der Waals surface area contributed by atoms with Gasteiger partial charge in [-0.25, -0.2) is 0 Å². The van der Waals surface area contributed by atoms with Crippen molar-refractivity contribution in [3.8, 4) is 0 Å². The smallest absolute Gasteiger partial charge is 0.317 e. The molecule has 1 unspecified atom stereocenters. The highest BCUT2D eigenvalue weighted by atomic mass is 32.2. The third-order valence-electron chi connectivity index (χ3n) is 4.26. The summed E-state index contributed by atoms with van der Waals surface area (Å²) in [6, 6.07) is 9.18. The van der Waals surface area contributed by atoms with E-state index in [9.17, 15) is 9.59 Å². The SMILES string of the molecule is NC(=O)C(OC(=O)CSc1nnc(NC2CCCCC2)s1)c1ccccc1. The lowest BCUT2D eigenvalue weighted by Crippen LogP contribution is -2.26. The molecule has 1 aliphatic carbocycles. The number of carbonyl (C=O) groups excluding carboxylic acids is 2. The van der Waals surface area contributed by atoms with E-state index in [2.05, 4.69) is 15.5 Å². The van der Waals surface area contributed by atoms with Gasteiger partial charge < -0.3 is 15.8 Å². The van der Waals surface area contributed by atoms with Gasteiger partial charge in [0.2, 0.25) is 11.2 Å². The Morgan fingerprint density at radius 3 is 2.67 bits per heavy atom. The summed E-state index contributed by atoms with van der Waals surface area (Å²) in [5.41, 5.74) is 5.92. The first-order valence-electron chi connectivity index (χ1n) is 8.88. The average Bonchev–Trinajstić information content (AvgIpc) is 3.13. The zero-order valence-electron chi connectivity index (χ0n) is 14.8. The van der Waals surface area contributed by atoms with Gasteiger partial charge in [-0.05, 0) is 12.8 Å². The monoisotopic (exact) mass is 406 g/mol. The lowest BCUT2D eigenvalue weighted by atomic mass is 9.96. The predicted molar refractivity (Wildman–Crippen MR) is 106 cm³/mol. The van der Waals surface area contributed by atoms with Crippen LogP contribution in [0.5, 0.6) is 0 Å². The molecule has 0 bridgehead atoms. The number of aromatic nitrogens is 2. The molecule has 0 radical (unpaired) electrons. The van der Waals surface area contributed by atoms with E-state index in [1.165, 1.54) is 42.4 Å². The summed E-state index contributed by atoms with van der Waals surface area (Å²) in [4.78, 5) is 23.7. The van der Waals surface area contributed by atoms with Crippen molar-refractivity contribution in [2.24, 2.45) is 5.73 Å². The van der Waals surface area contributed by atoms with Crippen LogP contribution >= 0.6 is 23.1 Å². The molecule has 1 fully saturated rings. The summed E-state index contributed by atoms with van der Waals surface area (Å²) >= 11 is 2.66. The number of nitrogens with zero attached hydrogens (tertiary/aromatic N) is 2. The van der Waals surface area contributed by atoms with Crippen LogP contribution in [-0.2, 0) is 14.3 Å². The fourth-order valence-electron chi connectivity index (χ4n) is 2.95. The van der Waals surface area contributed by atoms with Crippen LogP contribution in [0.2, 0.25) is 0 Å². The zero-order valence-corrected chi connectivity index (χ0v) is 16.4. The fraction of sp³-hybridized carbons (Fsp3) is 0.444. The van der Waals surface area contributed by atoms with Gasteiger partial charge in [0.15, 0.2) is 4.34 Å². The number of hydrogen-bond acceptors (Lipinski definition) is 8. The third kappa shape index (κ3) is 5.93. The van der Waals surface area contributed by atoms with Gasteiger partial charge in [0.05, 0.1) is 5.75 Å². The molecule has 3 N–H and O–H groups in total. The van der Waals surface area contributed by atoms with Gasteiger partial charge in [-0.3, -0.25) is 9.59 Å². The number of rotatable bonds is 8. The Kier molecular flexibility index (Phi) is 7.05. The van der Waals surface area contributed by atoms with Crippen molar-refractivity contribution in [1.82, 2.24) is 10.2 Å². The van der Waals surface area contributed by atoms with Crippen molar-refractivity contribution >= 4 is 40.1 Å². The third-order valence-corrected chi connectivity index (χ3v) is 6.22. The Hall–Kier alpha value is -2.13. The van der Waals surface area contributed by atoms with E-state index in [1.54, 1.807) is 24.3 Å². The molecule has 1 atom stereocenters. The predicted octanol–water partition coefficient (Wildman–Crippen LogP) is 3.14. The molecule has 1 saturated carbocycles. The molecule has 0 saturated heterocycles. The maximum atomic E-state index is 12.1. The van der Waals surface area contributed by atoms with Crippen LogP contribution in [0.25, 0.3) is 0 Å². The first-order chi connectivity index (χ1) is 13.1. The second-order valence-corrected chi connectivity index (χ2v) is 8.52. The molecule has 3 rings (SSSR count). The number of ether oxygens (including phenoxy) is 1.